The Morgan fingerprint density at radius 3 is 2.89 bits per heavy atom. The molecule has 104 valence electrons. The summed E-state index contributed by atoms with van der Waals surface area (Å²) in [6, 6.07) is 2.91. The minimum atomic E-state index is 0.188. The minimum Gasteiger partial charge on any atom is -0.296 e. The number of aromatic nitrogens is 1. The molecule has 0 radical (unpaired) electrons. The molecule has 0 saturated heterocycles. The Labute approximate surface area is 120 Å². The molecule has 1 aromatic rings. The van der Waals surface area contributed by atoms with E-state index in [9.17, 15) is 5.26 Å². The molecule has 1 fully saturated rings. The second-order valence-corrected chi connectivity index (χ2v) is 6.73. The smallest absolute Gasteiger partial charge is 0.0897 e. The molecule has 4 heteroatoms. The van der Waals surface area contributed by atoms with Gasteiger partial charge in [0.1, 0.15) is 0 Å². The first kappa shape index (κ1) is 14.5. The number of thiazole rings is 1. The number of rotatable bonds is 4. The van der Waals surface area contributed by atoms with Crippen molar-refractivity contribution in [2.75, 3.05) is 7.05 Å². The molecule has 0 N–H and O–H groups in total. The molecule has 3 atom stereocenters. The number of aryl methyl sites for hydroxylation is 1. The highest BCUT2D eigenvalue weighted by molar-refractivity contribution is 7.09. The normalized spacial score (nSPS) is 27.4. The predicted molar refractivity (Wildman–Crippen MR) is 78.8 cm³/mol. The van der Waals surface area contributed by atoms with Crippen molar-refractivity contribution in [3.05, 3.63) is 16.1 Å². The Morgan fingerprint density at radius 2 is 2.32 bits per heavy atom. The molecule has 0 bridgehead atoms. The second-order valence-electron chi connectivity index (χ2n) is 5.66. The maximum absolute atomic E-state index is 9.35. The molecule has 0 aromatic carbocycles. The fourth-order valence-corrected chi connectivity index (χ4v) is 3.70. The average molecular weight is 277 g/mol. The minimum absolute atomic E-state index is 0.188. The van der Waals surface area contributed by atoms with Gasteiger partial charge in [-0.05, 0) is 39.2 Å². The highest BCUT2D eigenvalue weighted by Crippen LogP contribution is 2.33. The molecule has 1 aliphatic carbocycles. The molecule has 1 saturated carbocycles. The van der Waals surface area contributed by atoms with Gasteiger partial charge in [0.25, 0.3) is 0 Å². The molecule has 0 aliphatic heterocycles. The van der Waals surface area contributed by atoms with E-state index < -0.39 is 0 Å². The first-order chi connectivity index (χ1) is 9.13. The summed E-state index contributed by atoms with van der Waals surface area (Å²) in [4.78, 5) is 6.87. The Balaban J connectivity index is 2.02. The van der Waals surface area contributed by atoms with E-state index in [0.29, 0.717) is 6.04 Å². The van der Waals surface area contributed by atoms with Crippen molar-refractivity contribution in [3.63, 3.8) is 0 Å². The fourth-order valence-electron chi connectivity index (χ4n) is 3.09. The monoisotopic (exact) mass is 277 g/mol. The Bertz CT molecular complexity index is 448. The third-order valence-corrected chi connectivity index (χ3v) is 5.13. The number of nitrogens with zero attached hydrogens (tertiary/aromatic N) is 3. The summed E-state index contributed by atoms with van der Waals surface area (Å²) >= 11 is 1.70. The van der Waals surface area contributed by atoms with Crippen molar-refractivity contribution in [2.24, 2.45) is 11.8 Å². The lowest BCUT2D eigenvalue weighted by Crippen LogP contribution is -2.41. The molecule has 0 amide bonds. The van der Waals surface area contributed by atoms with Crippen LogP contribution in [0.2, 0.25) is 0 Å². The van der Waals surface area contributed by atoms with Crippen LogP contribution in [0.1, 0.15) is 43.3 Å². The second kappa shape index (κ2) is 6.49. The van der Waals surface area contributed by atoms with E-state index in [-0.39, 0.29) is 5.92 Å². The lowest BCUT2D eigenvalue weighted by molar-refractivity contribution is 0.117. The lowest BCUT2D eigenvalue weighted by Gasteiger charge is -2.38. The zero-order chi connectivity index (χ0) is 13.8. The number of nitriles is 1. The van der Waals surface area contributed by atoms with Crippen molar-refractivity contribution in [3.8, 4) is 6.07 Å². The first-order valence-electron chi connectivity index (χ1n) is 7.14. The molecule has 1 aliphatic rings. The summed E-state index contributed by atoms with van der Waals surface area (Å²) in [5.41, 5.74) is 1.14. The van der Waals surface area contributed by atoms with Crippen LogP contribution in [0.5, 0.6) is 0 Å². The molecule has 3 nitrogen and oxygen atoms in total. The van der Waals surface area contributed by atoms with E-state index in [2.05, 4.69) is 35.3 Å². The topological polar surface area (TPSA) is 39.9 Å². The van der Waals surface area contributed by atoms with Gasteiger partial charge in [0.15, 0.2) is 0 Å². The third-order valence-electron chi connectivity index (χ3n) is 4.31. The zero-order valence-corrected chi connectivity index (χ0v) is 12.9. The Hall–Kier alpha value is -0.920. The summed E-state index contributed by atoms with van der Waals surface area (Å²) in [5.74, 6) is 0.974. The van der Waals surface area contributed by atoms with Gasteiger partial charge in [-0.25, -0.2) is 4.98 Å². The van der Waals surface area contributed by atoms with Gasteiger partial charge in [0.05, 0.1) is 22.7 Å². The molecular formula is C15H23N3S. The van der Waals surface area contributed by atoms with Gasteiger partial charge in [-0.2, -0.15) is 5.26 Å². The largest absolute Gasteiger partial charge is 0.296 e. The van der Waals surface area contributed by atoms with Crippen LogP contribution >= 0.6 is 11.3 Å². The van der Waals surface area contributed by atoms with Gasteiger partial charge in [0.2, 0.25) is 0 Å². The van der Waals surface area contributed by atoms with E-state index in [1.165, 1.54) is 12.8 Å². The summed E-state index contributed by atoms with van der Waals surface area (Å²) in [6.07, 6.45) is 4.67. The van der Waals surface area contributed by atoms with E-state index in [1.807, 2.05) is 6.92 Å². The number of hydrogen-bond donors (Lipinski definition) is 0. The standard InChI is InChI=1S/C15H23N3S/c1-4-12-5-6-13(8-16)15(7-12)18(3)9-14-10-19-11(2)17-14/h10,12-13,15H,4-7,9H2,1-3H3. The van der Waals surface area contributed by atoms with Gasteiger partial charge in [-0.1, -0.05) is 13.3 Å². The van der Waals surface area contributed by atoms with Crippen molar-refractivity contribution in [2.45, 2.75) is 52.1 Å². The summed E-state index contributed by atoms with van der Waals surface area (Å²) in [7, 11) is 2.14. The molecule has 1 heterocycles. The van der Waals surface area contributed by atoms with Crippen LogP contribution in [0.25, 0.3) is 0 Å². The lowest BCUT2D eigenvalue weighted by atomic mass is 9.77. The predicted octanol–water partition coefficient (Wildman–Crippen LogP) is 3.60. The molecule has 1 aromatic heterocycles. The zero-order valence-electron chi connectivity index (χ0n) is 12.1. The summed E-state index contributed by atoms with van der Waals surface area (Å²) < 4.78 is 0. The summed E-state index contributed by atoms with van der Waals surface area (Å²) in [5, 5.41) is 12.6. The van der Waals surface area contributed by atoms with Crippen LogP contribution in [-0.2, 0) is 6.54 Å². The van der Waals surface area contributed by atoms with Crippen LogP contribution in [0, 0.1) is 30.1 Å². The van der Waals surface area contributed by atoms with Crippen LogP contribution in [0.15, 0.2) is 5.38 Å². The SMILES string of the molecule is CCC1CCC(C#N)C(N(C)Cc2csc(C)n2)C1. The van der Waals surface area contributed by atoms with Crippen LogP contribution in [0.3, 0.4) is 0 Å². The average Bonchev–Trinajstić information content (AvgIpc) is 2.83. The fraction of sp³-hybridized carbons (Fsp3) is 0.733. The number of hydrogen-bond acceptors (Lipinski definition) is 4. The van der Waals surface area contributed by atoms with Crippen molar-refractivity contribution in [1.82, 2.24) is 9.88 Å². The van der Waals surface area contributed by atoms with Crippen LogP contribution < -0.4 is 0 Å². The van der Waals surface area contributed by atoms with Crippen molar-refractivity contribution < 1.29 is 0 Å². The van der Waals surface area contributed by atoms with Crippen LogP contribution in [-0.4, -0.2) is 23.0 Å². The molecule has 19 heavy (non-hydrogen) atoms. The highest BCUT2D eigenvalue weighted by atomic mass is 32.1. The molecular weight excluding hydrogens is 254 g/mol. The van der Waals surface area contributed by atoms with Crippen molar-refractivity contribution >= 4 is 11.3 Å². The Kier molecular flexibility index (Phi) is 4.95. The van der Waals surface area contributed by atoms with Gasteiger partial charge in [-0.15, -0.1) is 11.3 Å². The molecule has 3 unspecified atom stereocenters. The highest BCUT2D eigenvalue weighted by Gasteiger charge is 2.32. The van der Waals surface area contributed by atoms with Gasteiger partial charge >= 0.3 is 0 Å². The maximum atomic E-state index is 9.35. The van der Waals surface area contributed by atoms with Gasteiger partial charge in [0, 0.05) is 18.0 Å². The molecule has 2 rings (SSSR count). The van der Waals surface area contributed by atoms with E-state index in [1.54, 1.807) is 11.3 Å². The van der Waals surface area contributed by atoms with E-state index in [0.717, 1.165) is 36.0 Å². The third kappa shape index (κ3) is 3.55. The van der Waals surface area contributed by atoms with E-state index >= 15 is 0 Å². The quantitative estimate of drug-likeness (QED) is 0.844. The maximum Gasteiger partial charge on any atom is 0.0897 e. The Morgan fingerprint density at radius 1 is 1.53 bits per heavy atom. The van der Waals surface area contributed by atoms with Gasteiger partial charge in [-0.3, -0.25) is 4.90 Å². The van der Waals surface area contributed by atoms with Crippen molar-refractivity contribution in [1.29, 1.82) is 5.26 Å². The van der Waals surface area contributed by atoms with Gasteiger partial charge < -0.3 is 0 Å². The molecule has 0 spiro atoms. The summed E-state index contributed by atoms with van der Waals surface area (Å²) in [6.45, 7) is 5.17. The van der Waals surface area contributed by atoms with E-state index in [4.69, 9.17) is 0 Å². The van der Waals surface area contributed by atoms with Crippen LogP contribution in [0.4, 0.5) is 0 Å². The first-order valence-corrected chi connectivity index (χ1v) is 8.02.